The van der Waals surface area contributed by atoms with E-state index >= 15 is 0 Å². The van der Waals surface area contributed by atoms with E-state index in [1.807, 2.05) is 19.9 Å². The molecule has 19 heavy (non-hydrogen) atoms. The van der Waals surface area contributed by atoms with Gasteiger partial charge < -0.3 is 19.9 Å². The first-order valence-corrected chi connectivity index (χ1v) is 7.00. The van der Waals surface area contributed by atoms with Crippen molar-refractivity contribution in [3.63, 3.8) is 0 Å². The van der Waals surface area contributed by atoms with Crippen LogP contribution in [0.5, 0.6) is 11.5 Å². The van der Waals surface area contributed by atoms with Gasteiger partial charge >= 0.3 is 0 Å². The lowest BCUT2D eigenvalue weighted by Gasteiger charge is -2.14. The summed E-state index contributed by atoms with van der Waals surface area (Å²) >= 11 is 6.23. The molecule has 0 aromatic heterocycles. The summed E-state index contributed by atoms with van der Waals surface area (Å²) in [5.74, 6) is 1.39. The Balaban J connectivity index is 2.77. The number of nitrogens with one attached hydrogen (secondary N) is 1. The van der Waals surface area contributed by atoms with Gasteiger partial charge in [-0.15, -0.1) is 0 Å². The number of hydrogen-bond acceptors (Lipinski definition) is 4. The van der Waals surface area contributed by atoms with Gasteiger partial charge in [0.25, 0.3) is 0 Å². The van der Waals surface area contributed by atoms with Gasteiger partial charge in [-0.1, -0.05) is 11.6 Å². The van der Waals surface area contributed by atoms with Crippen LogP contribution in [0.25, 0.3) is 0 Å². The highest BCUT2D eigenvalue weighted by atomic mass is 35.5. The molecule has 1 aromatic rings. The third kappa shape index (κ3) is 5.27. The first-order chi connectivity index (χ1) is 9.22. The standard InChI is InChI=1S/C14H22ClNO3/c1-3-18-13-8-11(10-16-6-5-7-17)12(15)9-14(13)19-4-2/h8-9,16-17H,3-7,10H2,1-2H3. The van der Waals surface area contributed by atoms with E-state index in [4.69, 9.17) is 26.2 Å². The van der Waals surface area contributed by atoms with Gasteiger partial charge in [0, 0.05) is 24.2 Å². The van der Waals surface area contributed by atoms with E-state index in [9.17, 15) is 0 Å². The highest BCUT2D eigenvalue weighted by Gasteiger charge is 2.10. The lowest BCUT2D eigenvalue weighted by molar-refractivity contribution is 0.285. The number of hydrogen-bond donors (Lipinski definition) is 2. The molecular formula is C14H22ClNO3. The van der Waals surface area contributed by atoms with Crippen molar-refractivity contribution >= 4 is 11.6 Å². The monoisotopic (exact) mass is 287 g/mol. The maximum absolute atomic E-state index is 8.72. The van der Waals surface area contributed by atoms with Crippen molar-refractivity contribution in [2.24, 2.45) is 0 Å². The number of benzene rings is 1. The van der Waals surface area contributed by atoms with Crippen LogP contribution in [-0.2, 0) is 6.54 Å². The maximum atomic E-state index is 8.72. The summed E-state index contributed by atoms with van der Waals surface area (Å²) in [6, 6.07) is 3.70. The highest BCUT2D eigenvalue weighted by Crippen LogP contribution is 2.33. The summed E-state index contributed by atoms with van der Waals surface area (Å²) < 4.78 is 11.1. The van der Waals surface area contributed by atoms with Crippen LogP contribution in [0, 0.1) is 0 Å². The molecule has 0 atom stereocenters. The minimum Gasteiger partial charge on any atom is -0.490 e. The molecule has 4 nitrogen and oxygen atoms in total. The summed E-state index contributed by atoms with van der Waals surface area (Å²) in [5.41, 5.74) is 0.964. The Morgan fingerprint density at radius 3 is 2.37 bits per heavy atom. The third-order valence-corrected chi connectivity index (χ3v) is 2.89. The molecule has 108 valence electrons. The summed E-state index contributed by atoms with van der Waals surface area (Å²) in [4.78, 5) is 0. The van der Waals surface area contributed by atoms with Gasteiger partial charge in [-0.2, -0.15) is 0 Å². The zero-order valence-corrected chi connectivity index (χ0v) is 12.3. The highest BCUT2D eigenvalue weighted by molar-refractivity contribution is 6.31. The summed E-state index contributed by atoms with van der Waals surface area (Å²) in [7, 11) is 0. The van der Waals surface area contributed by atoms with Crippen LogP contribution in [0.3, 0.4) is 0 Å². The Hall–Kier alpha value is -0.970. The molecule has 1 rings (SSSR count). The minimum absolute atomic E-state index is 0.189. The van der Waals surface area contributed by atoms with Crippen LogP contribution in [0.1, 0.15) is 25.8 Å². The van der Waals surface area contributed by atoms with E-state index in [0.29, 0.717) is 36.3 Å². The van der Waals surface area contributed by atoms with Crippen LogP contribution in [0.4, 0.5) is 0 Å². The Bertz CT molecular complexity index is 385. The second-order valence-electron chi connectivity index (χ2n) is 4.01. The molecule has 0 saturated carbocycles. The van der Waals surface area contributed by atoms with Gasteiger partial charge in [0.1, 0.15) is 0 Å². The quantitative estimate of drug-likeness (QED) is 0.686. The van der Waals surface area contributed by atoms with E-state index in [1.165, 1.54) is 0 Å². The maximum Gasteiger partial charge on any atom is 0.162 e. The van der Waals surface area contributed by atoms with E-state index in [0.717, 1.165) is 18.5 Å². The number of aliphatic hydroxyl groups excluding tert-OH is 1. The molecule has 2 N–H and O–H groups in total. The van der Waals surface area contributed by atoms with Gasteiger partial charge in [0.2, 0.25) is 0 Å². The smallest absolute Gasteiger partial charge is 0.162 e. The molecule has 0 saturated heterocycles. The summed E-state index contributed by atoms with van der Waals surface area (Å²) in [5, 5.41) is 12.6. The van der Waals surface area contributed by atoms with Crippen molar-refractivity contribution in [3.8, 4) is 11.5 Å². The third-order valence-electron chi connectivity index (χ3n) is 2.54. The molecule has 5 heteroatoms. The molecule has 0 spiro atoms. The second kappa shape index (κ2) is 9.02. The van der Waals surface area contributed by atoms with Gasteiger partial charge in [0.05, 0.1) is 13.2 Å². The number of rotatable bonds is 9. The zero-order chi connectivity index (χ0) is 14.1. The molecular weight excluding hydrogens is 266 g/mol. The molecule has 0 aliphatic rings. The Labute approximate surface area is 119 Å². The first kappa shape index (κ1) is 16.1. The second-order valence-corrected chi connectivity index (χ2v) is 4.42. The van der Waals surface area contributed by atoms with Gasteiger partial charge in [-0.25, -0.2) is 0 Å². The lowest BCUT2D eigenvalue weighted by Crippen LogP contribution is -2.16. The number of ether oxygens (including phenoxy) is 2. The normalized spacial score (nSPS) is 10.5. The van der Waals surface area contributed by atoms with Crippen molar-refractivity contribution in [2.45, 2.75) is 26.8 Å². The fourth-order valence-corrected chi connectivity index (χ4v) is 1.90. The predicted molar refractivity (Wildman–Crippen MR) is 77.2 cm³/mol. The van der Waals surface area contributed by atoms with Gasteiger partial charge in [-0.3, -0.25) is 0 Å². The SMILES string of the molecule is CCOc1cc(Cl)c(CNCCCO)cc1OCC. The van der Waals surface area contributed by atoms with Crippen molar-refractivity contribution in [2.75, 3.05) is 26.4 Å². The Morgan fingerprint density at radius 2 is 1.79 bits per heavy atom. The Kier molecular flexibility index (Phi) is 7.63. The molecule has 1 aromatic carbocycles. The molecule has 0 heterocycles. The number of halogens is 1. The van der Waals surface area contributed by atoms with Crippen LogP contribution in [-0.4, -0.2) is 31.5 Å². The molecule has 0 fully saturated rings. The van der Waals surface area contributed by atoms with E-state index in [-0.39, 0.29) is 6.61 Å². The first-order valence-electron chi connectivity index (χ1n) is 6.62. The van der Waals surface area contributed by atoms with Crippen LogP contribution >= 0.6 is 11.6 Å². The average Bonchev–Trinajstić information content (AvgIpc) is 2.39. The average molecular weight is 288 g/mol. The van der Waals surface area contributed by atoms with Crippen LogP contribution < -0.4 is 14.8 Å². The Morgan fingerprint density at radius 1 is 1.16 bits per heavy atom. The van der Waals surface area contributed by atoms with Crippen molar-refractivity contribution in [3.05, 3.63) is 22.7 Å². The predicted octanol–water partition coefficient (Wildman–Crippen LogP) is 2.61. The summed E-state index contributed by atoms with van der Waals surface area (Å²) in [6.45, 7) is 6.60. The fourth-order valence-electron chi connectivity index (χ4n) is 1.68. The molecule has 0 amide bonds. The fraction of sp³-hybridized carbons (Fsp3) is 0.571. The van der Waals surface area contributed by atoms with Gasteiger partial charge in [-0.05, 0) is 38.4 Å². The lowest BCUT2D eigenvalue weighted by atomic mass is 10.2. The molecule has 0 aliphatic heterocycles. The topological polar surface area (TPSA) is 50.7 Å². The van der Waals surface area contributed by atoms with E-state index < -0.39 is 0 Å². The molecule has 0 bridgehead atoms. The van der Waals surface area contributed by atoms with Crippen molar-refractivity contribution in [1.82, 2.24) is 5.32 Å². The molecule has 0 radical (unpaired) electrons. The van der Waals surface area contributed by atoms with Crippen LogP contribution in [0.2, 0.25) is 5.02 Å². The van der Waals surface area contributed by atoms with Crippen molar-refractivity contribution < 1.29 is 14.6 Å². The molecule has 0 aliphatic carbocycles. The zero-order valence-electron chi connectivity index (χ0n) is 11.5. The van der Waals surface area contributed by atoms with Gasteiger partial charge in [0.15, 0.2) is 11.5 Å². The van der Waals surface area contributed by atoms with E-state index in [1.54, 1.807) is 6.07 Å². The van der Waals surface area contributed by atoms with Crippen LogP contribution in [0.15, 0.2) is 12.1 Å². The number of aliphatic hydroxyl groups is 1. The largest absolute Gasteiger partial charge is 0.490 e. The van der Waals surface area contributed by atoms with Crippen molar-refractivity contribution in [1.29, 1.82) is 0 Å². The van der Waals surface area contributed by atoms with E-state index in [2.05, 4.69) is 5.32 Å². The summed E-state index contributed by atoms with van der Waals surface area (Å²) in [6.07, 6.45) is 0.729. The minimum atomic E-state index is 0.189. The molecule has 0 unspecified atom stereocenters.